The van der Waals surface area contributed by atoms with Crippen molar-refractivity contribution in [2.75, 3.05) is 13.7 Å². The largest absolute Gasteiger partial charge is 0.447 e. The molecule has 5 heterocycles. The van der Waals surface area contributed by atoms with Crippen LogP contribution in [0, 0.1) is 5.92 Å². The van der Waals surface area contributed by atoms with E-state index in [-0.39, 0.29) is 32.7 Å². The van der Waals surface area contributed by atoms with E-state index >= 15 is 0 Å². The highest BCUT2D eigenvalue weighted by Crippen LogP contribution is 2.42. The number of hydrogen-bond donors (Lipinski definition) is 7. The van der Waals surface area contributed by atoms with Gasteiger partial charge in [-0.3, -0.25) is 4.90 Å². The van der Waals surface area contributed by atoms with Crippen LogP contribution in [0.1, 0.15) is 30.9 Å². The normalized spacial score (nSPS) is 39.2. The van der Waals surface area contributed by atoms with E-state index in [1.54, 1.807) is 55.5 Å². The van der Waals surface area contributed by atoms with Gasteiger partial charge in [-0.05, 0) is 24.0 Å². The van der Waals surface area contributed by atoms with Crippen molar-refractivity contribution in [2.24, 2.45) is 5.92 Å². The van der Waals surface area contributed by atoms with Crippen LogP contribution in [0.25, 0.3) is 0 Å². The molecule has 0 bridgehead atoms. The summed E-state index contributed by atoms with van der Waals surface area (Å²) in [7, 11) is 1.47. The van der Waals surface area contributed by atoms with E-state index in [1.807, 2.05) is 12.1 Å². The number of nitrogens with zero attached hydrogens (tertiary/aromatic N) is 1. The van der Waals surface area contributed by atoms with E-state index in [9.17, 15) is 39.6 Å². The van der Waals surface area contributed by atoms with Crippen LogP contribution < -0.4 is 16.0 Å². The first-order valence-electron chi connectivity index (χ1n) is 20.1. The Balaban J connectivity index is 0.957. The first-order valence-corrected chi connectivity index (χ1v) is 20.1. The van der Waals surface area contributed by atoms with Gasteiger partial charge in [-0.2, -0.15) is 0 Å². The maximum atomic E-state index is 13.2. The number of aliphatic hydroxyl groups is 4. The van der Waals surface area contributed by atoms with E-state index in [1.165, 1.54) is 11.9 Å². The highest BCUT2D eigenvalue weighted by atomic mass is 16.8. The number of carbonyl (C=O) groups is 4. The maximum absolute atomic E-state index is 13.2. The first-order chi connectivity index (χ1) is 29.3. The lowest BCUT2D eigenvalue weighted by molar-refractivity contribution is -0.376. The second-order valence-corrected chi connectivity index (χ2v) is 16.0. The summed E-state index contributed by atoms with van der Waals surface area (Å²) in [6.45, 7) is 1.48. The average Bonchev–Trinajstić information content (AvgIpc) is 3.56. The second-order valence-electron chi connectivity index (χ2n) is 16.0. The Morgan fingerprint density at radius 2 is 1.36 bits per heavy atom. The van der Waals surface area contributed by atoms with Gasteiger partial charge in [0, 0.05) is 13.0 Å². The van der Waals surface area contributed by atoms with Crippen molar-refractivity contribution in [1.82, 2.24) is 20.9 Å². The van der Waals surface area contributed by atoms with Crippen molar-refractivity contribution in [3.8, 4) is 0 Å². The number of alkyl carbamates (subject to hydrolysis) is 3. The zero-order chi connectivity index (χ0) is 42.9. The molecule has 9 unspecified atom stereocenters. The summed E-state index contributed by atoms with van der Waals surface area (Å²) in [5.74, 6) is -0.478. The monoisotopic (exact) mass is 858 g/mol. The number of carbonyl (C=O) groups excluding carboxylic acids is 4. The Bertz CT molecular complexity index is 1860. The van der Waals surface area contributed by atoms with Gasteiger partial charge in [-0.15, -0.1) is 0 Å². The summed E-state index contributed by atoms with van der Waals surface area (Å²) in [6.07, 6.45) is -18.1. The highest BCUT2D eigenvalue weighted by molar-refractivity contribution is 5.71. The number of amides is 4. The summed E-state index contributed by atoms with van der Waals surface area (Å²) in [4.78, 5) is 52.1. The van der Waals surface area contributed by atoms with Crippen LogP contribution >= 0.6 is 0 Å². The van der Waals surface area contributed by atoms with E-state index < -0.39 is 128 Å². The van der Waals surface area contributed by atoms with Crippen molar-refractivity contribution in [1.29, 1.82) is 0 Å². The quantitative estimate of drug-likeness (QED) is 0.154. The summed E-state index contributed by atoms with van der Waals surface area (Å²) in [5, 5.41) is 52.4. The standard InChI is InChI=1S/C40H50N4O17/c1-18-13-23-32(33-26(44(2)40(52)60-33)35(56-23)61-36-30(48)28(46)25-24(57-36)17-55-39(51)43-25)59-34(18)58-31-22(42-38(50)54-16-20-11-7-4-8-12-20)14-21(27(45)29(31)47)41-37(49)53-15-19-9-5-3-6-10-19/h3-12,18,21-36,45-48H,13-17H2,1-2H3,(H,41,49)(H,42,50)(H,43,51)/t18?,21-,22?,23+,24?,25-,26?,27?,28+,29-,30?,31-,32?,33?,34+,35?,36-/m1/s1. The summed E-state index contributed by atoms with van der Waals surface area (Å²) >= 11 is 0. The highest BCUT2D eigenvalue weighted by Gasteiger charge is 2.61. The van der Waals surface area contributed by atoms with E-state index in [0.717, 1.165) is 11.1 Å². The van der Waals surface area contributed by atoms with Crippen LogP contribution in [-0.2, 0) is 55.8 Å². The second kappa shape index (κ2) is 18.2. The predicted octanol–water partition coefficient (Wildman–Crippen LogP) is -0.0460. The zero-order valence-corrected chi connectivity index (χ0v) is 33.2. The summed E-state index contributed by atoms with van der Waals surface area (Å²) in [6, 6.07) is 13.9. The van der Waals surface area contributed by atoms with Crippen LogP contribution in [0.4, 0.5) is 19.2 Å². The van der Waals surface area contributed by atoms with Crippen molar-refractivity contribution in [2.45, 2.75) is 131 Å². The lowest BCUT2D eigenvalue weighted by Crippen LogP contribution is -2.69. The lowest BCUT2D eigenvalue weighted by Gasteiger charge is -2.51. The molecule has 5 saturated heterocycles. The van der Waals surface area contributed by atoms with Gasteiger partial charge < -0.3 is 79.0 Å². The van der Waals surface area contributed by atoms with Gasteiger partial charge in [0.15, 0.2) is 25.0 Å². The third-order valence-electron chi connectivity index (χ3n) is 11.9. The molecule has 21 nitrogen and oxygen atoms in total. The molecule has 4 amide bonds. The Labute approximate surface area is 349 Å². The number of hydrogen-bond acceptors (Lipinski definition) is 17. The smallest absolute Gasteiger partial charge is 0.410 e. The number of likely N-dealkylation sites (N-methyl/N-ethyl adjacent to an activating group) is 1. The van der Waals surface area contributed by atoms with Gasteiger partial charge in [-0.1, -0.05) is 67.6 Å². The van der Waals surface area contributed by atoms with E-state index in [2.05, 4.69) is 16.0 Å². The molecule has 1 aliphatic carbocycles. The number of nitrogens with one attached hydrogen (secondary N) is 3. The Kier molecular flexibility index (Phi) is 12.8. The molecule has 6 fully saturated rings. The van der Waals surface area contributed by atoms with Crippen molar-refractivity contribution in [3.63, 3.8) is 0 Å². The molecule has 0 radical (unpaired) electrons. The minimum atomic E-state index is -1.68. The van der Waals surface area contributed by atoms with Crippen LogP contribution in [0.15, 0.2) is 60.7 Å². The van der Waals surface area contributed by atoms with Gasteiger partial charge in [0.2, 0.25) is 0 Å². The molecule has 5 aliphatic heterocycles. The molecule has 8 rings (SSSR count). The summed E-state index contributed by atoms with van der Waals surface area (Å²) in [5.41, 5.74) is 1.46. The van der Waals surface area contributed by atoms with Gasteiger partial charge in [-0.25, -0.2) is 19.2 Å². The Hall–Kier alpha value is -4.84. The average molecular weight is 859 g/mol. The van der Waals surface area contributed by atoms with Crippen LogP contribution in [0.2, 0.25) is 0 Å². The fraction of sp³-hybridized carbons (Fsp3) is 0.600. The molecule has 2 aromatic rings. The van der Waals surface area contributed by atoms with Gasteiger partial charge >= 0.3 is 24.4 Å². The minimum Gasteiger partial charge on any atom is -0.447 e. The molecule has 0 aromatic heterocycles. The third-order valence-corrected chi connectivity index (χ3v) is 11.9. The molecular formula is C40H50N4O17. The number of fused-ring (bicyclic) bond motifs is 4. The van der Waals surface area contributed by atoms with Crippen molar-refractivity contribution in [3.05, 3.63) is 71.8 Å². The number of rotatable bonds is 10. The molecule has 61 heavy (non-hydrogen) atoms. The Morgan fingerprint density at radius 1 is 0.738 bits per heavy atom. The Morgan fingerprint density at radius 3 is 2.02 bits per heavy atom. The molecule has 1 saturated carbocycles. The van der Waals surface area contributed by atoms with E-state index in [4.69, 9.17) is 42.6 Å². The molecule has 2 aromatic carbocycles. The van der Waals surface area contributed by atoms with Crippen LogP contribution in [0.5, 0.6) is 0 Å². The SMILES string of the molecule is CC1C[C@@H]2OC(O[C@H]3OC4COC(=O)N[C@H]4[C@H](O)C3O)C3C(OC(=O)N3C)C2O[C@@H]1O[C@@H]1C(NC(=O)OCc2ccccc2)C[C@@H](NC(=O)OCc2ccccc2)C(O)[C@H]1O. The maximum Gasteiger partial charge on any atom is 0.410 e. The van der Waals surface area contributed by atoms with Crippen LogP contribution in [0.3, 0.4) is 0 Å². The predicted molar refractivity (Wildman–Crippen MR) is 202 cm³/mol. The zero-order valence-electron chi connectivity index (χ0n) is 33.2. The molecule has 7 N–H and O–H groups in total. The molecule has 0 spiro atoms. The molecule has 21 heteroatoms. The van der Waals surface area contributed by atoms with Gasteiger partial charge in [0.25, 0.3) is 0 Å². The fourth-order valence-electron chi connectivity index (χ4n) is 8.65. The molecular weight excluding hydrogens is 808 g/mol. The van der Waals surface area contributed by atoms with Crippen molar-refractivity contribution < 1.29 is 82.2 Å². The first kappa shape index (κ1) is 42.8. The topological polar surface area (TPSA) is 272 Å². The molecule has 332 valence electrons. The lowest BCUT2D eigenvalue weighted by atomic mass is 9.83. The molecule has 6 aliphatic rings. The van der Waals surface area contributed by atoms with Crippen LogP contribution in [-0.4, -0.2) is 161 Å². The third kappa shape index (κ3) is 9.20. The number of cyclic esters (lactones) is 1. The number of aliphatic hydroxyl groups excluding tert-OH is 4. The minimum absolute atomic E-state index is 0.0451. The van der Waals surface area contributed by atoms with Gasteiger partial charge in [0.1, 0.15) is 68.6 Å². The van der Waals surface area contributed by atoms with E-state index in [0.29, 0.717) is 0 Å². The van der Waals surface area contributed by atoms with Gasteiger partial charge in [0.05, 0.1) is 24.2 Å². The number of ether oxygens (including phenoxy) is 9. The molecule has 17 atom stereocenters. The van der Waals surface area contributed by atoms with Crippen molar-refractivity contribution >= 4 is 24.4 Å². The number of benzene rings is 2. The summed E-state index contributed by atoms with van der Waals surface area (Å²) < 4.78 is 52.9. The fourth-order valence-corrected chi connectivity index (χ4v) is 8.65.